The van der Waals surface area contributed by atoms with E-state index < -0.39 is 11.7 Å². The van der Waals surface area contributed by atoms with Crippen molar-refractivity contribution in [2.45, 2.75) is 51.2 Å². The predicted octanol–water partition coefficient (Wildman–Crippen LogP) is 4.96. The lowest BCUT2D eigenvalue weighted by Gasteiger charge is -2.44. The molecule has 0 bridgehead atoms. The average Bonchev–Trinajstić information content (AvgIpc) is 3.13. The normalized spacial score (nSPS) is 27.1. The van der Waals surface area contributed by atoms with Gasteiger partial charge in [0.2, 0.25) is 0 Å². The van der Waals surface area contributed by atoms with Gasteiger partial charge in [-0.1, -0.05) is 50.3 Å². The van der Waals surface area contributed by atoms with Crippen molar-refractivity contribution in [2.75, 3.05) is 7.11 Å². The molecular weight excluding hydrogens is 392 g/mol. The largest absolute Gasteiger partial charge is 0.507 e. The van der Waals surface area contributed by atoms with E-state index in [1.165, 1.54) is 12.1 Å². The number of carbonyl (C=O) groups excluding carboxylic acids is 1. The number of benzene rings is 2. The van der Waals surface area contributed by atoms with Crippen molar-refractivity contribution < 1.29 is 24.5 Å². The molecule has 2 aromatic carbocycles. The van der Waals surface area contributed by atoms with Crippen molar-refractivity contribution in [3.63, 3.8) is 0 Å². The van der Waals surface area contributed by atoms with Crippen molar-refractivity contribution >= 4 is 11.9 Å². The molecule has 2 aliphatic rings. The molecule has 1 aliphatic heterocycles. The maximum absolute atomic E-state index is 13.2. The molecule has 0 radical (unpaired) electrons. The summed E-state index contributed by atoms with van der Waals surface area (Å²) in [6.07, 6.45) is 4.14. The zero-order chi connectivity index (χ0) is 22.3. The van der Waals surface area contributed by atoms with Crippen LogP contribution in [0.2, 0.25) is 0 Å². The van der Waals surface area contributed by atoms with Crippen LogP contribution in [0.3, 0.4) is 0 Å². The Morgan fingerprint density at radius 2 is 2.00 bits per heavy atom. The molecule has 0 amide bonds. The third-order valence-corrected chi connectivity index (χ3v) is 6.77. The molecular formula is C26H30O5. The van der Waals surface area contributed by atoms with E-state index in [0.717, 1.165) is 17.5 Å². The number of hydrogen-bond acceptors (Lipinski definition) is 5. The van der Waals surface area contributed by atoms with Crippen LogP contribution in [0.15, 0.2) is 42.5 Å². The summed E-state index contributed by atoms with van der Waals surface area (Å²) in [5.41, 5.74) is 0.754. The lowest BCUT2D eigenvalue weighted by Crippen LogP contribution is -2.51. The summed E-state index contributed by atoms with van der Waals surface area (Å²) >= 11 is 0. The van der Waals surface area contributed by atoms with Crippen LogP contribution in [0.5, 0.6) is 17.2 Å². The van der Waals surface area contributed by atoms with Crippen LogP contribution in [0.25, 0.3) is 6.08 Å². The van der Waals surface area contributed by atoms with E-state index >= 15 is 0 Å². The summed E-state index contributed by atoms with van der Waals surface area (Å²) in [5.74, 6) is 0.826. The number of ether oxygens (including phenoxy) is 2. The Morgan fingerprint density at radius 3 is 2.65 bits per heavy atom. The van der Waals surface area contributed by atoms with Gasteiger partial charge in [0.25, 0.3) is 0 Å². The Balaban J connectivity index is 1.82. The molecule has 0 spiro atoms. The quantitative estimate of drug-likeness (QED) is 0.526. The first kappa shape index (κ1) is 21.4. The van der Waals surface area contributed by atoms with Gasteiger partial charge >= 0.3 is 0 Å². The SMILES string of the molecule is COc1cc(O)c(C(=O)C=Cc2ccccc2)c2c1[C@@H]1[C@@H](C(C)C)CC[C@](C)(O)[C@@H]1O2. The highest BCUT2D eigenvalue weighted by molar-refractivity contribution is 6.11. The van der Waals surface area contributed by atoms with Gasteiger partial charge in [-0.3, -0.25) is 4.79 Å². The number of ketones is 1. The molecule has 2 N–H and O–H groups in total. The van der Waals surface area contributed by atoms with Gasteiger partial charge in [0, 0.05) is 17.5 Å². The molecule has 2 aromatic rings. The van der Waals surface area contributed by atoms with Crippen LogP contribution in [-0.2, 0) is 0 Å². The standard InChI is InChI=1S/C26H30O5/c1-15(2)17-12-13-26(3,29)25-21(17)23-20(30-4)14-19(28)22(24(23)31-25)18(27)11-10-16-8-6-5-7-9-16/h5-11,14-15,17,21,25,28-29H,12-13H2,1-4H3/t17-,21+,25-,26+/m1/s1. The van der Waals surface area contributed by atoms with Gasteiger partial charge < -0.3 is 19.7 Å². The number of aliphatic hydroxyl groups is 1. The molecule has 0 aromatic heterocycles. The summed E-state index contributed by atoms with van der Waals surface area (Å²) < 4.78 is 11.9. The number of rotatable bonds is 5. The third-order valence-electron chi connectivity index (χ3n) is 6.77. The Bertz CT molecular complexity index is 1010. The van der Waals surface area contributed by atoms with Gasteiger partial charge in [-0.25, -0.2) is 0 Å². The van der Waals surface area contributed by atoms with Crippen LogP contribution < -0.4 is 9.47 Å². The minimum atomic E-state index is -1.03. The monoisotopic (exact) mass is 422 g/mol. The van der Waals surface area contributed by atoms with E-state index in [-0.39, 0.29) is 28.9 Å². The number of allylic oxidation sites excluding steroid dienone is 1. The fraction of sp³-hybridized carbons (Fsp3) is 0.423. The molecule has 4 atom stereocenters. The first-order valence-electron chi connectivity index (χ1n) is 10.8. The van der Waals surface area contributed by atoms with E-state index in [1.54, 1.807) is 20.1 Å². The van der Waals surface area contributed by atoms with Gasteiger partial charge in [0.1, 0.15) is 28.9 Å². The first-order valence-corrected chi connectivity index (χ1v) is 10.8. The second-order valence-electron chi connectivity index (χ2n) is 9.19. The van der Waals surface area contributed by atoms with Crippen LogP contribution in [0.4, 0.5) is 0 Å². The number of hydrogen-bond donors (Lipinski definition) is 2. The summed E-state index contributed by atoms with van der Waals surface area (Å²) in [4.78, 5) is 13.2. The van der Waals surface area contributed by atoms with Crippen LogP contribution in [0.1, 0.15) is 61.0 Å². The highest BCUT2D eigenvalue weighted by Crippen LogP contribution is 2.58. The van der Waals surface area contributed by atoms with E-state index in [4.69, 9.17) is 9.47 Å². The molecule has 0 saturated heterocycles. The maximum Gasteiger partial charge on any atom is 0.193 e. The van der Waals surface area contributed by atoms with Gasteiger partial charge in [-0.2, -0.15) is 0 Å². The van der Waals surface area contributed by atoms with Crippen molar-refractivity contribution in [3.05, 3.63) is 59.2 Å². The second-order valence-corrected chi connectivity index (χ2v) is 9.19. The number of aromatic hydroxyl groups is 1. The van der Waals surface area contributed by atoms with Crippen molar-refractivity contribution in [3.8, 4) is 17.2 Å². The van der Waals surface area contributed by atoms with Crippen LogP contribution in [-0.4, -0.2) is 34.8 Å². The Morgan fingerprint density at radius 1 is 1.29 bits per heavy atom. The molecule has 1 saturated carbocycles. The number of carbonyl (C=O) groups is 1. The fourth-order valence-corrected chi connectivity index (χ4v) is 5.13. The van der Waals surface area contributed by atoms with E-state index in [1.807, 2.05) is 30.3 Å². The minimum absolute atomic E-state index is 0.112. The number of methoxy groups -OCH3 is 1. The molecule has 0 unspecified atom stereocenters. The molecule has 1 heterocycles. The molecule has 1 fully saturated rings. The zero-order valence-electron chi connectivity index (χ0n) is 18.5. The minimum Gasteiger partial charge on any atom is -0.507 e. The Kier molecular flexibility index (Phi) is 5.56. The second kappa shape index (κ2) is 8.04. The van der Waals surface area contributed by atoms with Gasteiger partial charge in [0.05, 0.1) is 12.7 Å². The van der Waals surface area contributed by atoms with E-state index in [9.17, 15) is 15.0 Å². The summed E-state index contributed by atoms with van der Waals surface area (Å²) in [6, 6.07) is 11.0. The summed E-state index contributed by atoms with van der Waals surface area (Å²) in [7, 11) is 1.55. The molecule has 5 heteroatoms. The zero-order valence-corrected chi connectivity index (χ0v) is 18.5. The Labute approximate surface area is 183 Å². The van der Waals surface area contributed by atoms with Gasteiger partial charge in [-0.05, 0) is 43.2 Å². The van der Waals surface area contributed by atoms with Gasteiger partial charge in [-0.15, -0.1) is 0 Å². The van der Waals surface area contributed by atoms with Crippen LogP contribution in [0, 0.1) is 11.8 Å². The van der Waals surface area contributed by atoms with Crippen molar-refractivity contribution in [1.29, 1.82) is 0 Å². The fourth-order valence-electron chi connectivity index (χ4n) is 5.13. The topological polar surface area (TPSA) is 76.0 Å². The lowest BCUT2D eigenvalue weighted by molar-refractivity contribution is -0.0919. The third kappa shape index (κ3) is 3.72. The summed E-state index contributed by atoms with van der Waals surface area (Å²) in [6.45, 7) is 6.12. The number of phenols is 1. The van der Waals surface area contributed by atoms with E-state index in [0.29, 0.717) is 23.8 Å². The molecule has 5 nitrogen and oxygen atoms in total. The highest BCUT2D eigenvalue weighted by Gasteiger charge is 2.55. The average molecular weight is 423 g/mol. The number of phenolic OH excluding ortho intramolecular Hbond substituents is 1. The highest BCUT2D eigenvalue weighted by atomic mass is 16.5. The van der Waals surface area contributed by atoms with Crippen LogP contribution >= 0.6 is 0 Å². The lowest BCUT2D eigenvalue weighted by atomic mass is 9.65. The molecule has 4 rings (SSSR count). The molecule has 31 heavy (non-hydrogen) atoms. The van der Waals surface area contributed by atoms with Gasteiger partial charge in [0.15, 0.2) is 5.78 Å². The summed E-state index contributed by atoms with van der Waals surface area (Å²) in [5, 5.41) is 21.8. The smallest absolute Gasteiger partial charge is 0.193 e. The van der Waals surface area contributed by atoms with Crippen molar-refractivity contribution in [1.82, 2.24) is 0 Å². The van der Waals surface area contributed by atoms with Crippen molar-refractivity contribution in [2.24, 2.45) is 11.8 Å². The number of fused-ring (bicyclic) bond motifs is 3. The van der Waals surface area contributed by atoms with E-state index in [2.05, 4.69) is 13.8 Å². The molecule has 1 aliphatic carbocycles. The first-order chi connectivity index (χ1) is 14.7. The molecule has 164 valence electrons. The Hall–Kier alpha value is -2.79. The predicted molar refractivity (Wildman–Crippen MR) is 120 cm³/mol. The maximum atomic E-state index is 13.2.